The predicted molar refractivity (Wildman–Crippen MR) is 94.3 cm³/mol. The van der Waals surface area contributed by atoms with E-state index in [1.807, 2.05) is 0 Å². The van der Waals surface area contributed by atoms with Crippen LogP contribution in [0.2, 0.25) is 0 Å². The summed E-state index contributed by atoms with van der Waals surface area (Å²) in [6.07, 6.45) is 8.53. The monoisotopic (exact) mass is 404 g/mol. The molecular weight excluding hydrogens is 390 g/mol. The van der Waals surface area contributed by atoms with Crippen LogP contribution in [-0.4, -0.2) is 6.04 Å². The summed E-state index contributed by atoms with van der Waals surface area (Å²) in [4.78, 5) is 1.51. The van der Waals surface area contributed by atoms with Gasteiger partial charge in [-0.05, 0) is 43.2 Å². The lowest BCUT2D eigenvalue weighted by Gasteiger charge is -2.25. The number of benzene rings is 2. The van der Waals surface area contributed by atoms with Gasteiger partial charge in [0.05, 0.1) is 11.1 Å². The molecule has 2 aliphatic rings. The minimum absolute atomic E-state index is 0.557. The zero-order chi connectivity index (χ0) is 14.4. The number of rotatable bonds is 1. The first-order valence-electron chi connectivity index (χ1n) is 7.38. The Labute approximate surface area is 141 Å². The van der Waals surface area contributed by atoms with Crippen molar-refractivity contribution in [2.45, 2.75) is 25.3 Å². The van der Waals surface area contributed by atoms with Crippen LogP contribution in [-0.2, 0) is 0 Å². The molecule has 0 aromatic heterocycles. The van der Waals surface area contributed by atoms with Gasteiger partial charge < -0.3 is 0 Å². The lowest BCUT2D eigenvalue weighted by Crippen LogP contribution is -3.05. The standard InChI is InChI=1S/C18H15Br2N/c19-12-6-8-17-15(10-12)16-11-13(20)7-9-18(16)21(17)14-4-2-1-3-5-14/h2,4,6-11,14H,1,3,5H2/p+1. The third-order valence-corrected chi connectivity index (χ3v) is 5.45. The van der Waals surface area contributed by atoms with Crippen molar-refractivity contribution in [2.24, 2.45) is 0 Å². The Kier molecular flexibility index (Phi) is 3.52. The van der Waals surface area contributed by atoms with Crippen molar-refractivity contribution in [3.05, 3.63) is 57.5 Å². The first-order chi connectivity index (χ1) is 10.2. The van der Waals surface area contributed by atoms with Crippen molar-refractivity contribution in [3.63, 3.8) is 0 Å². The van der Waals surface area contributed by atoms with E-state index in [1.165, 1.54) is 46.7 Å². The van der Waals surface area contributed by atoms with Crippen LogP contribution in [0.5, 0.6) is 0 Å². The molecule has 1 N–H and O–H groups in total. The van der Waals surface area contributed by atoms with Crippen LogP contribution in [0.1, 0.15) is 19.3 Å². The summed E-state index contributed by atoms with van der Waals surface area (Å²) in [6.45, 7) is 0. The summed E-state index contributed by atoms with van der Waals surface area (Å²) in [6, 6.07) is 13.9. The average Bonchev–Trinajstić information content (AvgIpc) is 2.81. The topological polar surface area (TPSA) is 4.44 Å². The van der Waals surface area contributed by atoms with Crippen LogP contribution in [0.4, 0.5) is 11.4 Å². The molecule has 0 bridgehead atoms. The molecule has 1 unspecified atom stereocenters. The van der Waals surface area contributed by atoms with E-state index in [1.54, 1.807) is 0 Å². The molecule has 1 atom stereocenters. The zero-order valence-electron chi connectivity index (χ0n) is 11.6. The average molecular weight is 406 g/mol. The summed E-state index contributed by atoms with van der Waals surface area (Å²) < 4.78 is 2.29. The number of hydrogen-bond donors (Lipinski definition) is 1. The smallest absolute Gasteiger partial charge is 0.144 e. The second-order valence-electron chi connectivity index (χ2n) is 5.76. The third-order valence-electron chi connectivity index (χ3n) is 4.46. The van der Waals surface area contributed by atoms with Crippen LogP contribution in [0, 0.1) is 0 Å². The highest BCUT2D eigenvalue weighted by atomic mass is 79.9. The molecule has 2 aromatic rings. The van der Waals surface area contributed by atoms with Crippen molar-refractivity contribution >= 4 is 43.2 Å². The maximum atomic E-state index is 3.62. The third kappa shape index (κ3) is 2.32. The Hall–Kier alpha value is -0.900. The van der Waals surface area contributed by atoms with Gasteiger partial charge in [-0.2, -0.15) is 0 Å². The van der Waals surface area contributed by atoms with E-state index in [2.05, 4.69) is 80.4 Å². The number of nitrogens with one attached hydrogen (secondary N) is 1. The second kappa shape index (κ2) is 5.38. The molecule has 1 heterocycles. The van der Waals surface area contributed by atoms with Gasteiger partial charge >= 0.3 is 0 Å². The summed E-state index contributed by atoms with van der Waals surface area (Å²) in [7, 11) is 0. The highest BCUT2D eigenvalue weighted by Crippen LogP contribution is 2.40. The summed E-state index contributed by atoms with van der Waals surface area (Å²) in [5.74, 6) is 0. The number of quaternary nitrogens is 1. The molecule has 106 valence electrons. The molecule has 0 fully saturated rings. The quantitative estimate of drug-likeness (QED) is 0.625. The van der Waals surface area contributed by atoms with Crippen LogP contribution in [0.15, 0.2) is 57.5 Å². The van der Waals surface area contributed by atoms with Gasteiger partial charge in [0.15, 0.2) is 0 Å². The molecule has 1 aliphatic heterocycles. The summed E-state index contributed by atoms with van der Waals surface area (Å²) in [5, 5.41) is 0. The minimum Gasteiger partial charge on any atom is -0.263 e. The molecule has 4 rings (SSSR count). The highest BCUT2D eigenvalue weighted by molar-refractivity contribution is 9.10. The number of fused-ring (bicyclic) bond motifs is 3. The van der Waals surface area contributed by atoms with Crippen LogP contribution < -0.4 is 4.90 Å². The number of allylic oxidation sites excluding steroid dienone is 1. The molecule has 1 aliphatic carbocycles. The molecule has 0 saturated carbocycles. The van der Waals surface area contributed by atoms with Crippen molar-refractivity contribution in [2.75, 3.05) is 0 Å². The van der Waals surface area contributed by atoms with Crippen LogP contribution in [0.25, 0.3) is 11.1 Å². The minimum atomic E-state index is 0.557. The molecule has 0 radical (unpaired) electrons. The maximum absolute atomic E-state index is 3.62. The van der Waals surface area contributed by atoms with Crippen molar-refractivity contribution in [3.8, 4) is 11.1 Å². The van der Waals surface area contributed by atoms with Gasteiger partial charge in [-0.1, -0.05) is 37.9 Å². The van der Waals surface area contributed by atoms with Crippen molar-refractivity contribution in [1.82, 2.24) is 0 Å². The fourth-order valence-corrected chi connectivity index (χ4v) is 4.27. The first-order valence-corrected chi connectivity index (χ1v) is 8.96. The van der Waals surface area contributed by atoms with Gasteiger partial charge in [0.1, 0.15) is 17.4 Å². The van der Waals surface area contributed by atoms with E-state index < -0.39 is 0 Å². The van der Waals surface area contributed by atoms with E-state index in [-0.39, 0.29) is 0 Å². The Bertz CT molecular complexity index is 684. The molecular formula is C18H16Br2N+. The lowest BCUT2D eigenvalue weighted by molar-refractivity contribution is -0.780. The van der Waals surface area contributed by atoms with Gasteiger partial charge in [-0.15, -0.1) is 0 Å². The largest absolute Gasteiger partial charge is 0.263 e. The fourth-order valence-electron chi connectivity index (χ4n) is 3.55. The van der Waals surface area contributed by atoms with E-state index >= 15 is 0 Å². The van der Waals surface area contributed by atoms with Gasteiger partial charge in [0.25, 0.3) is 0 Å². The van der Waals surface area contributed by atoms with Crippen LogP contribution in [0.3, 0.4) is 0 Å². The predicted octanol–water partition coefficient (Wildman–Crippen LogP) is 5.15. The van der Waals surface area contributed by atoms with Gasteiger partial charge in [0, 0.05) is 27.5 Å². The molecule has 0 amide bonds. The van der Waals surface area contributed by atoms with Gasteiger partial charge in [-0.3, -0.25) is 4.90 Å². The second-order valence-corrected chi connectivity index (χ2v) is 7.59. The summed E-state index contributed by atoms with van der Waals surface area (Å²) >= 11 is 7.23. The molecule has 0 saturated heterocycles. The van der Waals surface area contributed by atoms with Gasteiger partial charge in [-0.25, -0.2) is 0 Å². The van der Waals surface area contributed by atoms with E-state index in [0.29, 0.717) is 6.04 Å². The number of hydrogen-bond acceptors (Lipinski definition) is 0. The Morgan fingerprint density at radius 1 is 0.905 bits per heavy atom. The zero-order valence-corrected chi connectivity index (χ0v) is 14.7. The molecule has 21 heavy (non-hydrogen) atoms. The molecule has 3 heteroatoms. The fraction of sp³-hybridized carbons (Fsp3) is 0.222. The maximum Gasteiger partial charge on any atom is 0.144 e. The summed E-state index contributed by atoms with van der Waals surface area (Å²) in [5.41, 5.74) is 5.52. The van der Waals surface area contributed by atoms with Crippen molar-refractivity contribution < 1.29 is 4.90 Å². The molecule has 1 nitrogen and oxygen atoms in total. The first kappa shape index (κ1) is 13.7. The SMILES string of the molecule is Brc1ccc2c(c1)-c1cc(Br)ccc1[NH+]2C1C=CCCC1. The Morgan fingerprint density at radius 3 is 2.05 bits per heavy atom. The lowest BCUT2D eigenvalue weighted by atomic mass is 10.0. The van der Waals surface area contributed by atoms with E-state index in [4.69, 9.17) is 0 Å². The molecule has 0 spiro atoms. The van der Waals surface area contributed by atoms with E-state index in [0.717, 1.165) is 8.95 Å². The van der Waals surface area contributed by atoms with Crippen molar-refractivity contribution in [1.29, 1.82) is 0 Å². The van der Waals surface area contributed by atoms with E-state index in [9.17, 15) is 0 Å². The highest BCUT2D eigenvalue weighted by Gasteiger charge is 2.36. The Morgan fingerprint density at radius 2 is 1.52 bits per heavy atom. The normalized spacial score (nSPS) is 20.4. The Balaban J connectivity index is 1.92. The molecule has 2 aromatic carbocycles. The van der Waals surface area contributed by atoms with Crippen LogP contribution >= 0.6 is 31.9 Å². The van der Waals surface area contributed by atoms with Gasteiger partial charge in [0.2, 0.25) is 0 Å². The number of halogens is 2.